The molecule has 1 atom stereocenters. The zero-order valence-corrected chi connectivity index (χ0v) is 19.0. The number of furan rings is 1. The molecule has 0 N–H and O–H groups in total. The second kappa shape index (κ2) is 10.2. The first-order chi connectivity index (χ1) is 15.7. The molecule has 1 aromatic carbocycles. The van der Waals surface area contributed by atoms with E-state index in [0.717, 1.165) is 26.1 Å². The Labute approximate surface area is 188 Å². The third-order valence-electron chi connectivity index (χ3n) is 6.22. The van der Waals surface area contributed by atoms with Crippen molar-refractivity contribution in [3.63, 3.8) is 0 Å². The molecule has 0 aliphatic carbocycles. The van der Waals surface area contributed by atoms with E-state index in [9.17, 15) is 9.59 Å². The van der Waals surface area contributed by atoms with E-state index in [2.05, 4.69) is 18.7 Å². The van der Waals surface area contributed by atoms with Gasteiger partial charge in [-0.05, 0) is 63.2 Å². The lowest BCUT2D eigenvalue weighted by molar-refractivity contribution is 0.0705. The summed E-state index contributed by atoms with van der Waals surface area (Å²) in [6, 6.07) is 10.2. The summed E-state index contributed by atoms with van der Waals surface area (Å²) in [6.45, 7) is 8.04. The first kappa shape index (κ1) is 22.3. The van der Waals surface area contributed by atoms with Gasteiger partial charge in [0.25, 0.3) is 5.91 Å². The Morgan fingerprint density at radius 3 is 2.34 bits per heavy atom. The van der Waals surface area contributed by atoms with Gasteiger partial charge in [0.15, 0.2) is 5.43 Å². The van der Waals surface area contributed by atoms with E-state index in [1.807, 2.05) is 12.1 Å². The van der Waals surface area contributed by atoms with Crippen molar-refractivity contribution in [3.8, 4) is 0 Å². The standard InChI is InChI=1S/C26H32N2O4/c1-3-5-14-27(15-6-4-2)16-10-17-28-23(21-13-9-18-31-21)22-24(29)19-11-7-8-12-20(19)32-25(22)26(28)30/h7-9,11-13,18,23H,3-6,10,14-17H2,1-2H3. The zero-order valence-electron chi connectivity index (χ0n) is 19.0. The lowest BCUT2D eigenvalue weighted by Crippen LogP contribution is -2.34. The molecule has 1 amide bonds. The van der Waals surface area contributed by atoms with Gasteiger partial charge in [-0.1, -0.05) is 38.8 Å². The minimum Gasteiger partial charge on any atom is -0.467 e. The van der Waals surface area contributed by atoms with Gasteiger partial charge in [0.1, 0.15) is 17.4 Å². The van der Waals surface area contributed by atoms with Crippen molar-refractivity contribution in [3.05, 3.63) is 70.0 Å². The maximum absolute atomic E-state index is 13.4. The van der Waals surface area contributed by atoms with E-state index in [4.69, 9.17) is 8.83 Å². The summed E-state index contributed by atoms with van der Waals surface area (Å²) in [7, 11) is 0. The van der Waals surface area contributed by atoms with Gasteiger partial charge < -0.3 is 18.6 Å². The van der Waals surface area contributed by atoms with Gasteiger partial charge in [0.2, 0.25) is 5.76 Å². The lowest BCUT2D eigenvalue weighted by Gasteiger charge is -2.26. The van der Waals surface area contributed by atoms with Gasteiger partial charge in [0, 0.05) is 6.54 Å². The number of para-hydroxylation sites is 1. The van der Waals surface area contributed by atoms with Crippen molar-refractivity contribution in [2.24, 2.45) is 0 Å². The van der Waals surface area contributed by atoms with Crippen LogP contribution < -0.4 is 5.43 Å². The number of amides is 1. The minimum atomic E-state index is -0.548. The molecule has 170 valence electrons. The van der Waals surface area contributed by atoms with Crippen LogP contribution >= 0.6 is 0 Å². The predicted molar refractivity (Wildman–Crippen MR) is 125 cm³/mol. The topological polar surface area (TPSA) is 66.9 Å². The number of carbonyl (C=O) groups is 1. The van der Waals surface area contributed by atoms with Crippen LogP contribution in [-0.4, -0.2) is 41.9 Å². The Kier molecular flexibility index (Phi) is 7.10. The second-order valence-corrected chi connectivity index (χ2v) is 8.49. The van der Waals surface area contributed by atoms with Crippen molar-refractivity contribution in [2.45, 2.75) is 52.0 Å². The highest BCUT2D eigenvalue weighted by molar-refractivity contribution is 5.98. The first-order valence-corrected chi connectivity index (χ1v) is 11.8. The van der Waals surface area contributed by atoms with E-state index < -0.39 is 6.04 Å². The maximum Gasteiger partial charge on any atom is 0.291 e. The number of carbonyl (C=O) groups excluding carboxylic acids is 1. The highest BCUT2D eigenvalue weighted by Crippen LogP contribution is 2.38. The Balaban J connectivity index is 1.60. The fraction of sp³-hybridized carbons (Fsp3) is 0.462. The molecule has 32 heavy (non-hydrogen) atoms. The maximum atomic E-state index is 13.4. The van der Waals surface area contributed by atoms with Crippen molar-refractivity contribution in [2.75, 3.05) is 26.2 Å². The molecule has 0 radical (unpaired) electrons. The van der Waals surface area contributed by atoms with Crippen LogP contribution in [0.4, 0.5) is 0 Å². The summed E-state index contributed by atoms with van der Waals surface area (Å²) >= 11 is 0. The van der Waals surface area contributed by atoms with Crippen LogP contribution in [0.2, 0.25) is 0 Å². The quantitative estimate of drug-likeness (QED) is 0.412. The van der Waals surface area contributed by atoms with Crippen molar-refractivity contribution < 1.29 is 13.6 Å². The number of fused-ring (bicyclic) bond motifs is 2. The molecule has 3 aromatic rings. The molecule has 2 aromatic heterocycles. The number of benzene rings is 1. The molecule has 3 heterocycles. The highest BCUT2D eigenvalue weighted by atomic mass is 16.4. The molecule has 0 spiro atoms. The number of hydrogen-bond donors (Lipinski definition) is 0. The molecular formula is C26H32N2O4. The molecular weight excluding hydrogens is 404 g/mol. The molecule has 4 rings (SSSR count). The third kappa shape index (κ3) is 4.37. The van der Waals surface area contributed by atoms with Gasteiger partial charge in [-0.3, -0.25) is 9.59 Å². The fourth-order valence-electron chi connectivity index (χ4n) is 4.50. The van der Waals surface area contributed by atoms with Crippen LogP contribution in [0, 0.1) is 0 Å². The molecule has 0 saturated heterocycles. The number of nitrogens with zero attached hydrogens (tertiary/aromatic N) is 2. The van der Waals surface area contributed by atoms with Crippen molar-refractivity contribution in [1.82, 2.24) is 9.80 Å². The molecule has 6 nitrogen and oxygen atoms in total. The normalized spacial score (nSPS) is 15.8. The highest BCUT2D eigenvalue weighted by Gasteiger charge is 2.43. The van der Waals surface area contributed by atoms with Gasteiger partial charge >= 0.3 is 0 Å². The van der Waals surface area contributed by atoms with E-state index in [-0.39, 0.29) is 17.1 Å². The zero-order chi connectivity index (χ0) is 22.5. The van der Waals surface area contributed by atoms with Crippen LogP contribution in [0.3, 0.4) is 0 Å². The number of hydrogen-bond acceptors (Lipinski definition) is 5. The fourth-order valence-corrected chi connectivity index (χ4v) is 4.50. The monoisotopic (exact) mass is 436 g/mol. The van der Waals surface area contributed by atoms with E-state index >= 15 is 0 Å². The minimum absolute atomic E-state index is 0.143. The van der Waals surface area contributed by atoms with Crippen LogP contribution in [0.1, 0.15) is 73.9 Å². The van der Waals surface area contributed by atoms with Gasteiger partial charge in [-0.25, -0.2) is 0 Å². The molecule has 1 aliphatic rings. The first-order valence-electron chi connectivity index (χ1n) is 11.8. The van der Waals surface area contributed by atoms with Crippen LogP contribution in [-0.2, 0) is 0 Å². The van der Waals surface area contributed by atoms with Gasteiger partial charge in [0.05, 0.1) is 17.2 Å². The Morgan fingerprint density at radius 2 is 1.66 bits per heavy atom. The summed E-state index contributed by atoms with van der Waals surface area (Å²) in [4.78, 5) is 30.9. The van der Waals surface area contributed by atoms with E-state index in [1.54, 1.807) is 35.4 Å². The summed E-state index contributed by atoms with van der Waals surface area (Å²) in [5, 5.41) is 0.489. The van der Waals surface area contributed by atoms with E-state index in [1.165, 1.54) is 25.7 Å². The third-order valence-corrected chi connectivity index (χ3v) is 6.22. The Bertz CT molecular complexity index is 1090. The SMILES string of the molecule is CCCCN(CCCC)CCCN1C(=O)c2oc3ccccc3c(=O)c2C1c1ccco1. The molecule has 0 bridgehead atoms. The smallest absolute Gasteiger partial charge is 0.291 e. The Morgan fingerprint density at radius 1 is 0.938 bits per heavy atom. The molecule has 0 saturated carbocycles. The number of rotatable bonds is 11. The summed E-state index contributed by atoms with van der Waals surface area (Å²) < 4.78 is 11.6. The second-order valence-electron chi connectivity index (χ2n) is 8.49. The van der Waals surface area contributed by atoms with Crippen molar-refractivity contribution >= 4 is 16.9 Å². The van der Waals surface area contributed by atoms with Crippen LogP contribution in [0.15, 0.2) is 56.3 Å². The largest absolute Gasteiger partial charge is 0.467 e. The van der Waals surface area contributed by atoms with E-state index in [0.29, 0.717) is 28.8 Å². The molecule has 1 aliphatic heterocycles. The van der Waals surface area contributed by atoms with Crippen LogP contribution in [0.25, 0.3) is 11.0 Å². The molecule has 0 fully saturated rings. The summed E-state index contributed by atoms with van der Waals surface area (Å²) in [5.41, 5.74) is 0.666. The summed E-state index contributed by atoms with van der Waals surface area (Å²) in [5.74, 6) is 0.496. The molecule has 1 unspecified atom stereocenters. The van der Waals surface area contributed by atoms with Crippen molar-refractivity contribution in [1.29, 1.82) is 0 Å². The average molecular weight is 437 g/mol. The summed E-state index contributed by atoms with van der Waals surface area (Å²) in [6.07, 6.45) is 7.11. The average Bonchev–Trinajstić information content (AvgIpc) is 3.43. The van der Waals surface area contributed by atoms with Gasteiger partial charge in [-0.2, -0.15) is 0 Å². The molecule has 6 heteroatoms. The predicted octanol–water partition coefficient (Wildman–Crippen LogP) is 5.22. The Hall–Kier alpha value is -2.86. The van der Waals surface area contributed by atoms with Crippen LogP contribution in [0.5, 0.6) is 0 Å². The lowest BCUT2D eigenvalue weighted by atomic mass is 10.0. The number of unbranched alkanes of at least 4 members (excludes halogenated alkanes) is 2. The van der Waals surface area contributed by atoms with Gasteiger partial charge in [-0.15, -0.1) is 0 Å².